The van der Waals surface area contributed by atoms with Crippen LogP contribution in [-0.2, 0) is 4.74 Å². The van der Waals surface area contributed by atoms with Crippen LogP contribution in [0.25, 0.3) is 0 Å². The number of rotatable bonds is 9. The zero-order chi connectivity index (χ0) is 10.8. The van der Waals surface area contributed by atoms with E-state index in [4.69, 9.17) is 10.5 Å². The fourth-order valence-corrected chi connectivity index (χ4v) is 1.44. The van der Waals surface area contributed by atoms with Crippen LogP contribution in [0.2, 0.25) is 0 Å². The number of nitrogens with two attached hydrogens (primary N) is 1. The Kier molecular flexibility index (Phi) is 9.35. The zero-order valence-electron chi connectivity index (χ0n) is 9.96. The van der Waals surface area contributed by atoms with Crippen molar-refractivity contribution in [3.63, 3.8) is 0 Å². The molecule has 0 aliphatic heterocycles. The minimum absolute atomic E-state index is 0.729. The molecule has 0 fully saturated rings. The lowest BCUT2D eigenvalue weighted by Gasteiger charge is -2.18. The Morgan fingerprint density at radius 2 is 1.86 bits per heavy atom. The van der Waals surface area contributed by atoms with Gasteiger partial charge in [0.2, 0.25) is 0 Å². The predicted octanol–water partition coefficient (Wildman–Crippen LogP) is 1.33. The van der Waals surface area contributed by atoms with Crippen molar-refractivity contribution in [3.8, 4) is 0 Å². The molecule has 3 nitrogen and oxygen atoms in total. The molecule has 0 amide bonds. The third-order valence-electron chi connectivity index (χ3n) is 2.00. The molecule has 0 saturated carbocycles. The molecule has 86 valence electrons. The van der Waals surface area contributed by atoms with Crippen LogP contribution < -0.4 is 5.73 Å². The molecule has 0 bridgehead atoms. The summed E-state index contributed by atoms with van der Waals surface area (Å²) in [6.07, 6.45) is 2.09. The van der Waals surface area contributed by atoms with Crippen LogP contribution in [0.3, 0.4) is 0 Å². The average molecular weight is 202 g/mol. The van der Waals surface area contributed by atoms with Crippen LogP contribution in [0.1, 0.15) is 26.7 Å². The van der Waals surface area contributed by atoms with E-state index in [9.17, 15) is 0 Å². The van der Waals surface area contributed by atoms with Gasteiger partial charge in [-0.2, -0.15) is 0 Å². The molecule has 0 heterocycles. The van der Waals surface area contributed by atoms with Crippen LogP contribution in [0, 0.1) is 5.92 Å². The van der Waals surface area contributed by atoms with Crippen LogP contribution >= 0.6 is 0 Å². The molecule has 3 heteroatoms. The minimum Gasteiger partial charge on any atom is -0.381 e. The van der Waals surface area contributed by atoms with Gasteiger partial charge in [0, 0.05) is 26.3 Å². The van der Waals surface area contributed by atoms with Crippen molar-refractivity contribution in [2.45, 2.75) is 26.7 Å². The topological polar surface area (TPSA) is 38.5 Å². The van der Waals surface area contributed by atoms with Crippen molar-refractivity contribution in [2.75, 3.05) is 39.9 Å². The third kappa shape index (κ3) is 9.96. The highest BCUT2D eigenvalue weighted by molar-refractivity contribution is 4.54. The van der Waals surface area contributed by atoms with Gasteiger partial charge >= 0.3 is 0 Å². The molecule has 0 unspecified atom stereocenters. The highest BCUT2D eigenvalue weighted by Crippen LogP contribution is 1.96. The largest absolute Gasteiger partial charge is 0.381 e. The van der Waals surface area contributed by atoms with E-state index in [0.717, 1.165) is 45.1 Å². The van der Waals surface area contributed by atoms with E-state index < -0.39 is 0 Å². The normalized spacial score (nSPS) is 11.6. The first-order valence-corrected chi connectivity index (χ1v) is 5.63. The summed E-state index contributed by atoms with van der Waals surface area (Å²) >= 11 is 0. The van der Waals surface area contributed by atoms with Crippen molar-refractivity contribution in [1.82, 2.24) is 4.90 Å². The molecule has 0 aromatic rings. The minimum atomic E-state index is 0.729. The summed E-state index contributed by atoms with van der Waals surface area (Å²) < 4.78 is 5.42. The zero-order valence-corrected chi connectivity index (χ0v) is 9.96. The number of ether oxygens (including phenoxy) is 1. The van der Waals surface area contributed by atoms with Crippen molar-refractivity contribution in [1.29, 1.82) is 0 Å². The first-order valence-electron chi connectivity index (χ1n) is 5.63. The van der Waals surface area contributed by atoms with Crippen molar-refractivity contribution in [2.24, 2.45) is 11.7 Å². The van der Waals surface area contributed by atoms with Crippen LogP contribution in [-0.4, -0.2) is 44.8 Å². The van der Waals surface area contributed by atoms with Gasteiger partial charge in [-0.15, -0.1) is 0 Å². The summed E-state index contributed by atoms with van der Waals surface area (Å²) in [6.45, 7) is 9.19. The molecular formula is C11H26N2O. The molecule has 0 rings (SSSR count). The van der Waals surface area contributed by atoms with E-state index in [-0.39, 0.29) is 0 Å². The second-order valence-corrected chi connectivity index (χ2v) is 4.26. The maximum Gasteiger partial charge on any atom is 0.0478 e. The Bertz CT molecular complexity index is 118. The first-order chi connectivity index (χ1) is 6.66. The van der Waals surface area contributed by atoms with E-state index >= 15 is 0 Å². The van der Waals surface area contributed by atoms with Gasteiger partial charge in [0.15, 0.2) is 0 Å². The molecule has 0 radical (unpaired) electrons. The summed E-state index contributed by atoms with van der Waals surface area (Å²) in [5, 5.41) is 0. The maximum atomic E-state index is 5.42. The highest BCUT2D eigenvalue weighted by atomic mass is 16.5. The van der Waals surface area contributed by atoms with Crippen LogP contribution in [0.15, 0.2) is 0 Å². The molecule has 0 aromatic heterocycles. The number of nitrogens with zero attached hydrogens (tertiary/aromatic N) is 1. The first kappa shape index (κ1) is 13.9. The Balaban J connectivity index is 3.10. The smallest absolute Gasteiger partial charge is 0.0478 e. The van der Waals surface area contributed by atoms with E-state index in [0.29, 0.717) is 0 Å². The molecule has 14 heavy (non-hydrogen) atoms. The lowest BCUT2D eigenvalue weighted by Crippen LogP contribution is -2.25. The number of hydrogen-bond donors (Lipinski definition) is 1. The van der Waals surface area contributed by atoms with Gasteiger partial charge in [-0.3, -0.25) is 0 Å². The molecular weight excluding hydrogens is 176 g/mol. The van der Waals surface area contributed by atoms with Crippen molar-refractivity contribution < 1.29 is 4.74 Å². The summed E-state index contributed by atoms with van der Waals surface area (Å²) in [4.78, 5) is 2.36. The van der Waals surface area contributed by atoms with E-state index in [1.165, 1.54) is 6.54 Å². The van der Waals surface area contributed by atoms with E-state index in [1.54, 1.807) is 0 Å². The molecule has 0 atom stereocenters. The fourth-order valence-electron chi connectivity index (χ4n) is 1.44. The highest BCUT2D eigenvalue weighted by Gasteiger charge is 2.00. The van der Waals surface area contributed by atoms with E-state index in [2.05, 4.69) is 25.8 Å². The molecule has 0 spiro atoms. The Morgan fingerprint density at radius 3 is 2.43 bits per heavy atom. The molecule has 0 aliphatic carbocycles. The second-order valence-electron chi connectivity index (χ2n) is 4.26. The SMILES string of the molecule is CC(C)CN(C)CCCOCCCN. The second kappa shape index (κ2) is 9.44. The van der Waals surface area contributed by atoms with Gasteiger partial charge in [0.25, 0.3) is 0 Å². The van der Waals surface area contributed by atoms with Gasteiger partial charge in [0.05, 0.1) is 0 Å². The van der Waals surface area contributed by atoms with Gasteiger partial charge in [-0.05, 0) is 32.4 Å². The van der Waals surface area contributed by atoms with Crippen molar-refractivity contribution >= 4 is 0 Å². The molecule has 0 aromatic carbocycles. The Morgan fingerprint density at radius 1 is 1.21 bits per heavy atom. The Labute approximate surface area is 88.6 Å². The molecule has 0 aliphatic rings. The summed E-state index contributed by atoms with van der Waals surface area (Å²) in [6, 6.07) is 0. The van der Waals surface area contributed by atoms with Crippen molar-refractivity contribution in [3.05, 3.63) is 0 Å². The lowest BCUT2D eigenvalue weighted by atomic mass is 10.2. The quantitative estimate of drug-likeness (QED) is 0.573. The Hall–Kier alpha value is -0.120. The summed E-state index contributed by atoms with van der Waals surface area (Å²) in [7, 11) is 2.17. The molecule has 2 N–H and O–H groups in total. The monoisotopic (exact) mass is 202 g/mol. The number of hydrogen-bond acceptors (Lipinski definition) is 3. The standard InChI is InChI=1S/C11H26N2O/c1-11(2)10-13(3)7-5-9-14-8-4-6-12/h11H,4-10,12H2,1-3H3. The van der Waals surface area contributed by atoms with Gasteiger partial charge < -0.3 is 15.4 Å². The van der Waals surface area contributed by atoms with Gasteiger partial charge in [0.1, 0.15) is 0 Å². The summed E-state index contributed by atoms with van der Waals surface area (Å²) in [5.41, 5.74) is 5.36. The molecule has 0 saturated heterocycles. The maximum absolute atomic E-state index is 5.42. The summed E-state index contributed by atoms with van der Waals surface area (Å²) in [5.74, 6) is 0.748. The van der Waals surface area contributed by atoms with E-state index in [1.807, 2.05) is 0 Å². The third-order valence-corrected chi connectivity index (χ3v) is 2.00. The van der Waals surface area contributed by atoms with Gasteiger partial charge in [-0.25, -0.2) is 0 Å². The average Bonchev–Trinajstić information content (AvgIpc) is 2.10. The van der Waals surface area contributed by atoms with Crippen LogP contribution in [0.5, 0.6) is 0 Å². The fraction of sp³-hybridized carbons (Fsp3) is 1.00. The predicted molar refractivity (Wildman–Crippen MR) is 61.4 cm³/mol. The van der Waals surface area contributed by atoms with Crippen LogP contribution in [0.4, 0.5) is 0 Å². The lowest BCUT2D eigenvalue weighted by molar-refractivity contribution is 0.121. The van der Waals surface area contributed by atoms with Gasteiger partial charge in [-0.1, -0.05) is 13.8 Å².